The Bertz CT molecular complexity index is 813. The molecule has 0 spiro atoms. The van der Waals surface area contributed by atoms with Crippen molar-refractivity contribution in [2.24, 2.45) is 5.92 Å². The molecule has 7 heteroatoms. The summed E-state index contributed by atoms with van der Waals surface area (Å²) in [6.45, 7) is 3.39. The molecule has 2 aliphatic heterocycles. The lowest BCUT2D eigenvalue weighted by Gasteiger charge is -2.34. The minimum atomic E-state index is -0.623. The summed E-state index contributed by atoms with van der Waals surface area (Å²) >= 11 is 0. The standard InChI is InChI=1S/C23H32N4O3/c1-25(2)20-11-14-27(16-20)19-7-5-18(6-8-19)24-22(28)17-9-12-26(13-10-17)23(29)21-4-3-15-30-21/h3-8,15,17,20,22,24,28H,9-14,16H2,1-2H3. The van der Waals surface area contributed by atoms with E-state index in [0.717, 1.165) is 31.6 Å². The zero-order valence-corrected chi connectivity index (χ0v) is 17.8. The van der Waals surface area contributed by atoms with Crippen LogP contribution in [0.25, 0.3) is 0 Å². The number of carbonyl (C=O) groups is 1. The van der Waals surface area contributed by atoms with Gasteiger partial charge in [-0.1, -0.05) is 0 Å². The molecular formula is C23H32N4O3. The maximum absolute atomic E-state index is 12.4. The predicted molar refractivity (Wildman–Crippen MR) is 118 cm³/mol. The van der Waals surface area contributed by atoms with Gasteiger partial charge < -0.3 is 29.5 Å². The molecule has 2 N–H and O–H groups in total. The largest absolute Gasteiger partial charge is 0.459 e. The van der Waals surface area contributed by atoms with Crippen molar-refractivity contribution in [3.05, 3.63) is 48.4 Å². The smallest absolute Gasteiger partial charge is 0.289 e. The first-order chi connectivity index (χ1) is 14.5. The molecule has 2 aliphatic rings. The number of hydrogen-bond acceptors (Lipinski definition) is 6. The van der Waals surface area contributed by atoms with Crippen LogP contribution in [0.5, 0.6) is 0 Å². The maximum Gasteiger partial charge on any atom is 0.289 e. The second-order valence-electron chi connectivity index (χ2n) is 8.60. The fraction of sp³-hybridized carbons (Fsp3) is 0.522. The third-order valence-corrected chi connectivity index (χ3v) is 6.45. The first-order valence-electron chi connectivity index (χ1n) is 10.8. The van der Waals surface area contributed by atoms with E-state index in [0.29, 0.717) is 24.9 Å². The molecule has 0 saturated carbocycles. The van der Waals surface area contributed by atoms with Gasteiger partial charge in [0.05, 0.1) is 6.26 Å². The number of benzene rings is 1. The topological polar surface area (TPSA) is 72.2 Å². The van der Waals surface area contributed by atoms with Gasteiger partial charge in [-0.25, -0.2) is 0 Å². The second kappa shape index (κ2) is 9.10. The molecule has 4 rings (SSSR count). The number of aliphatic hydroxyl groups excluding tert-OH is 1. The van der Waals surface area contributed by atoms with E-state index in [1.165, 1.54) is 18.4 Å². The third kappa shape index (κ3) is 4.63. The summed E-state index contributed by atoms with van der Waals surface area (Å²) in [5.41, 5.74) is 2.15. The van der Waals surface area contributed by atoms with Crippen LogP contribution in [-0.4, -0.2) is 73.4 Å². The maximum atomic E-state index is 12.4. The highest BCUT2D eigenvalue weighted by Gasteiger charge is 2.29. The Kier molecular flexibility index (Phi) is 6.29. The molecular weight excluding hydrogens is 380 g/mol. The number of carbonyl (C=O) groups excluding carboxylic acids is 1. The van der Waals surface area contributed by atoms with Crippen molar-refractivity contribution in [3.63, 3.8) is 0 Å². The van der Waals surface area contributed by atoms with Crippen molar-refractivity contribution < 1.29 is 14.3 Å². The number of amides is 1. The molecule has 2 aromatic rings. The van der Waals surface area contributed by atoms with Crippen LogP contribution in [0.2, 0.25) is 0 Å². The minimum absolute atomic E-state index is 0.0742. The number of nitrogens with zero attached hydrogens (tertiary/aromatic N) is 3. The first-order valence-corrected chi connectivity index (χ1v) is 10.8. The minimum Gasteiger partial charge on any atom is -0.459 e. The average Bonchev–Trinajstić information content (AvgIpc) is 3.46. The highest BCUT2D eigenvalue weighted by molar-refractivity contribution is 5.91. The zero-order chi connectivity index (χ0) is 21.1. The Labute approximate surface area is 178 Å². The van der Waals surface area contributed by atoms with E-state index in [1.807, 2.05) is 12.1 Å². The SMILES string of the molecule is CN(C)C1CCN(c2ccc(NC(O)C3CCN(C(=O)c4ccco4)CC3)cc2)C1. The molecule has 162 valence electrons. The molecule has 0 bridgehead atoms. The number of nitrogens with one attached hydrogen (secondary N) is 1. The summed E-state index contributed by atoms with van der Waals surface area (Å²) in [6, 6.07) is 12.3. The number of anilines is 2. The Morgan fingerprint density at radius 2 is 1.87 bits per heavy atom. The normalized spacial score (nSPS) is 21.3. The van der Waals surface area contributed by atoms with Crippen molar-refractivity contribution in [1.82, 2.24) is 9.80 Å². The van der Waals surface area contributed by atoms with Crippen LogP contribution >= 0.6 is 0 Å². The summed E-state index contributed by atoms with van der Waals surface area (Å²) in [6.07, 6.45) is 3.61. The van der Waals surface area contributed by atoms with Crippen LogP contribution in [0.4, 0.5) is 11.4 Å². The van der Waals surface area contributed by atoms with E-state index in [2.05, 4.69) is 41.3 Å². The van der Waals surface area contributed by atoms with Crippen LogP contribution in [0, 0.1) is 5.92 Å². The van der Waals surface area contributed by atoms with Crippen molar-refractivity contribution in [2.45, 2.75) is 31.5 Å². The number of likely N-dealkylation sites (N-methyl/N-ethyl adjacent to an activating group) is 1. The fourth-order valence-corrected chi connectivity index (χ4v) is 4.43. The predicted octanol–water partition coefficient (Wildman–Crippen LogP) is 2.70. The monoisotopic (exact) mass is 412 g/mol. The van der Waals surface area contributed by atoms with Gasteiger partial charge in [-0.05, 0) is 69.8 Å². The van der Waals surface area contributed by atoms with E-state index in [1.54, 1.807) is 17.0 Å². The highest BCUT2D eigenvalue weighted by atomic mass is 16.3. The molecule has 2 fully saturated rings. The van der Waals surface area contributed by atoms with Gasteiger partial charge in [-0.2, -0.15) is 0 Å². The van der Waals surface area contributed by atoms with Crippen molar-refractivity contribution in [3.8, 4) is 0 Å². The fourth-order valence-electron chi connectivity index (χ4n) is 4.43. The van der Waals surface area contributed by atoms with Gasteiger partial charge in [0, 0.05) is 49.5 Å². The summed E-state index contributed by atoms with van der Waals surface area (Å²) in [4.78, 5) is 18.9. The van der Waals surface area contributed by atoms with Gasteiger partial charge in [-0.15, -0.1) is 0 Å². The molecule has 7 nitrogen and oxygen atoms in total. The summed E-state index contributed by atoms with van der Waals surface area (Å²) < 4.78 is 5.21. The lowest BCUT2D eigenvalue weighted by molar-refractivity contribution is 0.0518. The molecule has 2 unspecified atom stereocenters. The molecule has 3 heterocycles. The van der Waals surface area contributed by atoms with E-state index >= 15 is 0 Å². The Hall–Kier alpha value is -2.51. The molecule has 2 saturated heterocycles. The summed E-state index contributed by atoms with van der Waals surface area (Å²) in [5, 5.41) is 13.9. The van der Waals surface area contributed by atoms with Crippen LogP contribution in [0.15, 0.2) is 47.1 Å². The quantitative estimate of drug-likeness (QED) is 0.711. The van der Waals surface area contributed by atoms with E-state index in [4.69, 9.17) is 4.42 Å². The molecule has 30 heavy (non-hydrogen) atoms. The van der Waals surface area contributed by atoms with Crippen molar-refractivity contribution in [2.75, 3.05) is 50.5 Å². The number of furan rings is 1. The molecule has 1 aromatic heterocycles. The number of rotatable bonds is 6. The Morgan fingerprint density at radius 1 is 1.13 bits per heavy atom. The van der Waals surface area contributed by atoms with Crippen LogP contribution in [0.3, 0.4) is 0 Å². The molecule has 1 aromatic carbocycles. The molecule has 0 aliphatic carbocycles. The number of likely N-dealkylation sites (tertiary alicyclic amines) is 1. The Morgan fingerprint density at radius 3 is 2.47 bits per heavy atom. The summed E-state index contributed by atoms with van der Waals surface area (Å²) in [5.74, 6) is 0.418. The highest BCUT2D eigenvalue weighted by Crippen LogP contribution is 2.26. The second-order valence-corrected chi connectivity index (χ2v) is 8.60. The lowest BCUT2D eigenvalue weighted by Crippen LogP contribution is -2.42. The van der Waals surface area contributed by atoms with Crippen molar-refractivity contribution in [1.29, 1.82) is 0 Å². The van der Waals surface area contributed by atoms with E-state index in [9.17, 15) is 9.90 Å². The first kappa shape index (κ1) is 20.8. The van der Waals surface area contributed by atoms with Crippen LogP contribution in [-0.2, 0) is 0 Å². The van der Waals surface area contributed by atoms with Crippen LogP contribution < -0.4 is 10.2 Å². The third-order valence-electron chi connectivity index (χ3n) is 6.45. The van der Waals surface area contributed by atoms with Gasteiger partial charge in [0.1, 0.15) is 6.23 Å². The number of piperidine rings is 1. The zero-order valence-electron chi connectivity index (χ0n) is 17.8. The van der Waals surface area contributed by atoms with Gasteiger partial charge in [0.2, 0.25) is 0 Å². The van der Waals surface area contributed by atoms with Crippen LogP contribution in [0.1, 0.15) is 29.8 Å². The van der Waals surface area contributed by atoms with E-state index < -0.39 is 6.23 Å². The van der Waals surface area contributed by atoms with E-state index in [-0.39, 0.29) is 11.8 Å². The molecule has 2 atom stereocenters. The molecule has 1 amide bonds. The lowest BCUT2D eigenvalue weighted by atomic mass is 9.94. The van der Waals surface area contributed by atoms with Gasteiger partial charge >= 0.3 is 0 Å². The number of hydrogen-bond donors (Lipinski definition) is 2. The average molecular weight is 413 g/mol. The number of aliphatic hydroxyl groups is 1. The van der Waals surface area contributed by atoms with Gasteiger partial charge in [-0.3, -0.25) is 4.79 Å². The molecule has 0 radical (unpaired) electrons. The Balaban J connectivity index is 1.26. The van der Waals surface area contributed by atoms with Crippen molar-refractivity contribution >= 4 is 17.3 Å². The van der Waals surface area contributed by atoms with Gasteiger partial charge in [0.15, 0.2) is 5.76 Å². The summed E-state index contributed by atoms with van der Waals surface area (Å²) in [7, 11) is 4.28. The van der Waals surface area contributed by atoms with Gasteiger partial charge in [0.25, 0.3) is 5.91 Å².